The second-order valence-corrected chi connectivity index (χ2v) is 10.00. The van der Waals surface area contributed by atoms with Gasteiger partial charge in [-0.05, 0) is 64.4 Å². The Morgan fingerprint density at radius 2 is 1.59 bits per heavy atom. The third-order valence-corrected chi connectivity index (χ3v) is 7.03. The Labute approximate surface area is 200 Å². The van der Waals surface area contributed by atoms with Crippen molar-refractivity contribution in [2.45, 2.75) is 40.7 Å². The Morgan fingerprint density at radius 3 is 2.35 bits per heavy atom. The Bertz CT molecular complexity index is 1450. The second kappa shape index (κ2) is 8.25. The number of hydrogen-bond acceptors (Lipinski definition) is 2. The number of amides is 1. The van der Waals surface area contributed by atoms with Crippen molar-refractivity contribution < 1.29 is 9.59 Å². The Balaban J connectivity index is 1.53. The van der Waals surface area contributed by atoms with Crippen LogP contribution in [0.1, 0.15) is 56.8 Å². The van der Waals surface area contributed by atoms with Gasteiger partial charge >= 0.3 is 0 Å². The SMILES string of the molecule is Cc1cc(C)c2c(c1C(=O)NCc1ccc3ccccc3c1-c1ccccc1)CC(C)(C)C2=O. The summed E-state index contributed by atoms with van der Waals surface area (Å²) in [5, 5.41) is 5.51. The fourth-order valence-corrected chi connectivity index (χ4v) is 5.41. The zero-order valence-electron chi connectivity index (χ0n) is 20.2. The van der Waals surface area contributed by atoms with Crippen molar-refractivity contribution in [2.75, 3.05) is 0 Å². The quantitative estimate of drug-likeness (QED) is 0.373. The van der Waals surface area contributed by atoms with Gasteiger partial charge in [-0.25, -0.2) is 0 Å². The molecule has 0 heterocycles. The Hall–Kier alpha value is -3.72. The van der Waals surface area contributed by atoms with Crippen LogP contribution in [0.5, 0.6) is 0 Å². The minimum atomic E-state index is -0.477. The average molecular weight is 448 g/mol. The molecule has 3 nitrogen and oxygen atoms in total. The fraction of sp³-hybridized carbons (Fsp3) is 0.226. The van der Waals surface area contributed by atoms with E-state index in [1.165, 1.54) is 10.8 Å². The lowest BCUT2D eigenvalue weighted by molar-refractivity contribution is 0.0861. The number of Topliss-reactive ketones (excluding diaryl/α,β-unsaturated/α-hetero) is 1. The predicted octanol–water partition coefficient (Wildman–Crippen LogP) is 6.82. The van der Waals surface area contributed by atoms with Gasteiger partial charge in [-0.3, -0.25) is 9.59 Å². The molecule has 4 aromatic rings. The number of carbonyl (C=O) groups is 2. The van der Waals surface area contributed by atoms with E-state index in [-0.39, 0.29) is 11.7 Å². The van der Waals surface area contributed by atoms with Gasteiger partial charge in [-0.1, -0.05) is 86.6 Å². The third kappa shape index (κ3) is 3.62. The molecule has 0 bridgehead atoms. The van der Waals surface area contributed by atoms with Crippen LogP contribution in [0.25, 0.3) is 21.9 Å². The van der Waals surface area contributed by atoms with Crippen molar-refractivity contribution in [3.05, 3.63) is 106 Å². The average Bonchev–Trinajstić information content (AvgIpc) is 3.06. The highest BCUT2D eigenvalue weighted by atomic mass is 16.1. The van der Waals surface area contributed by atoms with Crippen LogP contribution in [-0.2, 0) is 13.0 Å². The molecule has 34 heavy (non-hydrogen) atoms. The number of fused-ring (bicyclic) bond motifs is 2. The van der Waals surface area contributed by atoms with E-state index in [4.69, 9.17) is 0 Å². The summed E-state index contributed by atoms with van der Waals surface area (Å²) in [6.07, 6.45) is 0.595. The van der Waals surface area contributed by atoms with Gasteiger partial charge in [-0.15, -0.1) is 0 Å². The molecular weight excluding hydrogens is 418 g/mol. The highest BCUT2D eigenvalue weighted by molar-refractivity contribution is 6.10. The summed E-state index contributed by atoms with van der Waals surface area (Å²) in [6, 6.07) is 24.8. The first-order chi connectivity index (χ1) is 16.3. The minimum Gasteiger partial charge on any atom is -0.348 e. The molecule has 0 saturated heterocycles. The maximum absolute atomic E-state index is 13.5. The Morgan fingerprint density at radius 1 is 0.882 bits per heavy atom. The summed E-state index contributed by atoms with van der Waals surface area (Å²) in [7, 11) is 0. The molecule has 1 aliphatic carbocycles. The summed E-state index contributed by atoms with van der Waals surface area (Å²) in [6.45, 7) is 8.27. The molecule has 3 heteroatoms. The van der Waals surface area contributed by atoms with Crippen LogP contribution < -0.4 is 5.32 Å². The molecule has 0 radical (unpaired) electrons. The van der Waals surface area contributed by atoms with Crippen molar-refractivity contribution in [3.63, 3.8) is 0 Å². The van der Waals surface area contributed by atoms with E-state index in [1.54, 1.807) is 0 Å². The van der Waals surface area contributed by atoms with E-state index in [2.05, 4.69) is 47.8 Å². The summed E-state index contributed by atoms with van der Waals surface area (Å²) in [4.78, 5) is 26.5. The van der Waals surface area contributed by atoms with Gasteiger partial charge in [0, 0.05) is 23.1 Å². The highest BCUT2D eigenvalue weighted by Crippen LogP contribution is 2.40. The molecular formula is C31H29NO2. The standard InChI is InChI=1S/C31H29NO2/c1-19-16-20(2)27(25-17-31(3,4)29(33)26(19)25)30(34)32-18-23-15-14-21-10-8-9-13-24(21)28(23)22-11-6-5-7-12-22/h5-16H,17-18H2,1-4H3,(H,32,34). The maximum Gasteiger partial charge on any atom is 0.252 e. The summed E-state index contributed by atoms with van der Waals surface area (Å²) < 4.78 is 0. The normalized spacial score (nSPS) is 14.3. The van der Waals surface area contributed by atoms with Crippen LogP contribution in [0, 0.1) is 19.3 Å². The van der Waals surface area contributed by atoms with Gasteiger partial charge in [0.05, 0.1) is 0 Å². The summed E-state index contributed by atoms with van der Waals surface area (Å²) in [5.74, 6) is 0.0152. The molecule has 1 aliphatic rings. The third-order valence-electron chi connectivity index (χ3n) is 7.03. The van der Waals surface area contributed by atoms with Crippen molar-refractivity contribution in [1.82, 2.24) is 5.32 Å². The van der Waals surface area contributed by atoms with Crippen LogP contribution in [0.3, 0.4) is 0 Å². The first-order valence-corrected chi connectivity index (χ1v) is 11.8. The topological polar surface area (TPSA) is 46.2 Å². The zero-order valence-corrected chi connectivity index (χ0v) is 20.2. The molecule has 1 N–H and O–H groups in total. The van der Waals surface area contributed by atoms with E-state index in [9.17, 15) is 9.59 Å². The summed E-state index contributed by atoms with van der Waals surface area (Å²) >= 11 is 0. The number of rotatable bonds is 4. The molecule has 0 saturated carbocycles. The van der Waals surface area contributed by atoms with Crippen molar-refractivity contribution >= 4 is 22.5 Å². The molecule has 0 aromatic heterocycles. The molecule has 0 fully saturated rings. The van der Waals surface area contributed by atoms with Gasteiger partial charge in [-0.2, -0.15) is 0 Å². The predicted molar refractivity (Wildman–Crippen MR) is 138 cm³/mol. The van der Waals surface area contributed by atoms with Crippen LogP contribution in [-0.4, -0.2) is 11.7 Å². The van der Waals surface area contributed by atoms with E-state index in [0.29, 0.717) is 18.5 Å². The number of benzene rings is 4. The second-order valence-electron chi connectivity index (χ2n) is 10.00. The lowest BCUT2D eigenvalue weighted by atomic mass is 9.88. The lowest BCUT2D eigenvalue weighted by Crippen LogP contribution is -2.25. The minimum absolute atomic E-state index is 0.119. The number of carbonyl (C=O) groups excluding carboxylic acids is 2. The van der Waals surface area contributed by atoms with Crippen LogP contribution in [0.2, 0.25) is 0 Å². The van der Waals surface area contributed by atoms with Gasteiger partial charge in [0.2, 0.25) is 0 Å². The number of hydrogen-bond donors (Lipinski definition) is 1. The van der Waals surface area contributed by atoms with Crippen molar-refractivity contribution in [3.8, 4) is 11.1 Å². The maximum atomic E-state index is 13.5. The van der Waals surface area contributed by atoms with E-state index in [1.807, 2.05) is 58.0 Å². The first-order valence-electron chi connectivity index (χ1n) is 11.8. The monoisotopic (exact) mass is 447 g/mol. The number of nitrogens with one attached hydrogen (secondary N) is 1. The van der Waals surface area contributed by atoms with E-state index < -0.39 is 5.41 Å². The zero-order chi connectivity index (χ0) is 24.0. The van der Waals surface area contributed by atoms with Gasteiger partial charge < -0.3 is 5.32 Å². The van der Waals surface area contributed by atoms with Gasteiger partial charge in [0.15, 0.2) is 5.78 Å². The van der Waals surface area contributed by atoms with Crippen LogP contribution >= 0.6 is 0 Å². The van der Waals surface area contributed by atoms with Crippen LogP contribution in [0.4, 0.5) is 0 Å². The van der Waals surface area contributed by atoms with E-state index in [0.717, 1.165) is 38.9 Å². The molecule has 170 valence electrons. The number of aryl methyl sites for hydroxylation is 2. The first kappa shape index (κ1) is 22.1. The fourth-order valence-electron chi connectivity index (χ4n) is 5.41. The largest absolute Gasteiger partial charge is 0.348 e. The van der Waals surface area contributed by atoms with Gasteiger partial charge in [0.25, 0.3) is 5.91 Å². The number of ketones is 1. The molecule has 0 spiro atoms. The van der Waals surface area contributed by atoms with Gasteiger partial charge in [0.1, 0.15) is 0 Å². The molecule has 5 rings (SSSR count). The van der Waals surface area contributed by atoms with Crippen molar-refractivity contribution in [1.29, 1.82) is 0 Å². The van der Waals surface area contributed by atoms with Crippen molar-refractivity contribution in [2.24, 2.45) is 5.41 Å². The smallest absolute Gasteiger partial charge is 0.252 e. The molecule has 4 aromatic carbocycles. The summed E-state index contributed by atoms with van der Waals surface area (Å²) in [5.41, 5.74) is 7.02. The molecule has 0 atom stereocenters. The lowest BCUT2D eigenvalue weighted by Gasteiger charge is -2.17. The van der Waals surface area contributed by atoms with E-state index >= 15 is 0 Å². The molecule has 0 aliphatic heterocycles. The Kier molecular flexibility index (Phi) is 5.36. The molecule has 1 amide bonds. The van der Waals surface area contributed by atoms with Crippen LogP contribution in [0.15, 0.2) is 72.8 Å². The highest BCUT2D eigenvalue weighted by Gasteiger charge is 2.41. The molecule has 0 unspecified atom stereocenters.